The van der Waals surface area contributed by atoms with Gasteiger partial charge >= 0.3 is 6.09 Å². The van der Waals surface area contributed by atoms with Gasteiger partial charge in [0.15, 0.2) is 0 Å². The van der Waals surface area contributed by atoms with Crippen molar-refractivity contribution in [2.75, 3.05) is 6.54 Å². The summed E-state index contributed by atoms with van der Waals surface area (Å²) >= 11 is 0. The molecule has 0 bridgehead atoms. The van der Waals surface area contributed by atoms with Gasteiger partial charge in [0.1, 0.15) is 17.2 Å². The molecule has 5 atom stereocenters. The van der Waals surface area contributed by atoms with Crippen molar-refractivity contribution in [1.29, 1.82) is 0 Å². The van der Waals surface area contributed by atoms with Gasteiger partial charge in [-0.3, -0.25) is 4.79 Å². The highest BCUT2D eigenvalue weighted by Crippen LogP contribution is 2.60. The molecule has 1 aromatic rings. The smallest absolute Gasteiger partial charge is 0.407 e. The summed E-state index contributed by atoms with van der Waals surface area (Å²) in [6, 6.07) is 3.81. The van der Waals surface area contributed by atoms with Crippen LogP contribution in [-0.2, 0) is 16.0 Å². The molecule has 2 saturated carbocycles. The molecule has 7 heteroatoms. The first-order valence-corrected chi connectivity index (χ1v) is 16.7. The Bertz CT molecular complexity index is 1160. The summed E-state index contributed by atoms with van der Waals surface area (Å²) in [5, 5.41) is 6.25. The van der Waals surface area contributed by atoms with Gasteiger partial charge in [-0.1, -0.05) is 30.9 Å². The standard InChI is InChI=1S/C36H54F2N2O3/c1-24-11-16-31-30(14-12-26-23-28(19-20-36(26,31)5)40-34(42)43-35(2,3)4)29(24)15-18-33(41)39-21-9-7-6-8-10-25-22-27(37)13-17-32(25)38/h13,17,22,26,28,30-31H,6-12,14-16,18-21,23H2,1-5H3,(H,39,41)(H,40,42)/t26-,28-,30-,31-,36-/m0/s1. The SMILES string of the molecule is CC1=C(CCC(=O)NCCCCCCc2cc(F)ccc2F)[C@@H]2CC[C@H]3C[C@@H](NC(=O)OC(C)(C)C)CC[C@]3(C)[C@H]2CC1. The maximum Gasteiger partial charge on any atom is 0.407 e. The summed E-state index contributed by atoms with van der Waals surface area (Å²) < 4.78 is 32.6. The van der Waals surface area contributed by atoms with Gasteiger partial charge in [0.05, 0.1) is 0 Å². The van der Waals surface area contributed by atoms with Gasteiger partial charge in [-0.25, -0.2) is 13.6 Å². The molecular formula is C36H54F2N2O3. The van der Waals surface area contributed by atoms with E-state index in [4.69, 9.17) is 4.74 Å². The van der Waals surface area contributed by atoms with Crippen LogP contribution in [0.25, 0.3) is 0 Å². The number of fused-ring (bicyclic) bond motifs is 3. The first kappa shape index (κ1) is 33.5. The third kappa shape index (κ3) is 9.04. The Kier molecular flexibility index (Phi) is 11.3. The fourth-order valence-corrected chi connectivity index (χ4v) is 8.29. The first-order chi connectivity index (χ1) is 20.4. The Hall–Kier alpha value is -2.44. The van der Waals surface area contributed by atoms with Crippen LogP contribution in [0.3, 0.4) is 0 Å². The first-order valence-electron chi connectivity index (χ1n) is 16.7. The molecule has 0 saturated heterocycles. The van der Waals surface area contributed by atoms with E-state index in [0.29, 0.717) is 42.7 Å². The minimum absolute atomic E-state index is 0.123. The van der Waals surface area contributed by atoms with E-state index in [-0.39, 0.29) is 29.3 Å². The predicted molar refractivity (Wildman–Crippen MR) is 168 cm³/mol. The Labute approximate surface area is 258 Å². The topological polar surface area (TPSA) is 67.4 Å². The summed E-state index contributed by atoms with van der Waals surface area (Å²) in [5.41, 5.74) is 3.26. The van der Waals surface area contributed by atoms with E-state index < -0.39 is 11.4 Å². The number of rotatable bonds is 11. The van der Waals surface area contributed by atoms with Crippen LogP contribution in [0.15, 0.2) is 29.3 Å². The van der Waals surface area contributed by atoms with Crippen molar-refractivity contribution in [3.8, 4) is 0 Å². The Morgan fingerprint density at radius 3 is 2.56 bits per heavy atom. The second-order valence-corrected chi connectivity index (χ2v) is 14.7. The number of unbranched alkanes of at least 4 members (excludes halogenated alkanes) is 3. The monoisotopic (exact) mass is 600 g/mol. The van der Waals surface area contributed by atoms with E-state index in [2.05, 4.69) is 24.5 Å². The lowest BCUT2D eigenvalue weighted by atomic mass is 9.48. The number of hydrogen-bond donors (Lipinski definition) is 2. The molecule has 2 fully saturated rings. The molecule has 0 aliphatic heterocycles. The summed E-state index contributed by atoms with van der Waals surface area (Å²) in [7, 11) is 0. The summed E-state index contributed by atoms with van der Waals surface area (Å²) in [4.78, 5) is 25.1. The number of alkyl carbamates (subject to hydrolysis) is 1. The van der Waals surface area contributed by atoms with Crippen LogP contribution in [0.4, 0.5) is 13.6 Å². The lowest BCUT2D eigenvalue weighted by Gasteiger charge is -2.57. The maximum absolute atomic E-state index is 13.8. The molecule has 0 heterocycles. The highest BCUT2D eigenvalue weighted by Gasteiger charge is 2.52. The summed E-state index contributed by atoms with van der Waals surface area (Å²) in [6.07, 6.45) is 13.1. The second-order valence-electron chi connectivity index (χ2n) is 14.7. The van der Waals surface area contributed by atoms with E-state index in [1.165, 1.54) is 42.5 Å². The molecule has 43 heavy (non-hydrogen) atoms. The van der Waals surface area contributed by atoms with Crippen molar-refractivity contribution in [2.45, 2.75) is 136 Å². The van der Waals surface area contributed by atoms with E-state index in [0.717, 1.165) is 63.9 Å². The van der Waals surface area contributed by atoms with Crippen molar-refractivity contribution < 1.29 is 23.1 Å². The van der Waals surface area contributed by atoms with Crippen LogP contribution in [0.2, 0.25) is 0 Å². The lowest BCUT2D eigenvalue weighted by molar-refractivity contribution is -0.121. The molecule has 3 aliphatic carbocycles. The van der Waals surface area contributed by atoms with Crippen LogP contribution in [0, 0.1) is 34.8 Å². The van der Waals surface area contributed by atoms with Gasteiger partial charge in [-0.2, -0.15) is 0 Å². The number of nitrogens with one attached hydrogen (secondary N) is 2. The van der Waals surface area contributed by atoms with Crippen LogP contribution in [0.5, 0.6) is 0 Å². The predicted octanol–water partition coefficient (Wildman–Crippen LogP) is 8.80. The Morgan fingerprint density at radius 2 is 1.79 bits per heavy atom. The van der Waals surface area contributed by atoms with Gasteiger partial charge in [-0.05, 0) is 145 Å². The van der Waals surface area contributed by atoms with Crippen molar-refractivity contribution in [2.24, 2.45) is 23.2 Å². The molecule has 1 aromatic carbocycles. The largest absolute Gasteiger partial charge is 0.444 e. The number of benzene rings is 1. The highest BCUT2D eigenvalue weighted by atomic mass is 19.1. The fraction of sp³-hybridized carbons (Fsp3) is 0.722. The lowest BCUT2D eigenvalue weighted by Crippen LogP contribution is -2.52. The molecule has 2 amide bonds. The van der Waals surface area contributed by atoms with E-state index in [9.17, 15) is 18.4 Å². The average molecular weight is 601 g/mol. The fourth-order valence-electron chi connectivity index (χ4n) is 8.29. The molecule has 4 rings (SSSR count). The molecule has 0 spiro atoms. The number of amides is 2. The zero-order valence-electron chi connectivity index (χ0n) is 27.1. The van der Waals surface area contributed by atoms with Gasteiger partial charge in [-0.15, -0.1) is 0 Å². The van der Waals surface area contributed by atoms with Crippen LogP contribution in [0.1, 0.15) is 124 Å². The number of ether oxygens (including phenoxy) is 1. The summed E-state index contributed by atoms with van der Waals surface area (Å²) in [6.45, 7) is 11.1. The average Bonchev–Trinajstić information content (AvgIpc) is 2.92. The minimum atomic E-state index is -0.486. The quantitative estimate of drug-likeness (QED) is 0.197. The summed E-state index contributed by atoms with van der Waals surface area (Å²) in [5.74, 6) is 1.21. The van der Waals surface area contributed by atoms with Crippen molar-refractivity contribution in [1.82, 2.24) is 10.6 Å². The van der Waals surface area contributed by atoms with E-state index >= 15 is 0 Å². The molecule has 240 valence electrons. The Morgan fingerprint density at radius 1 is 1.02 bits per heavy atom. The van der Waals surface area contributed by atoms with Crippen LogP contribution >= 0.6 is 0 Å². The molecule has 0 aromatic heterocycles. The van der Waals surface area contributed by atoms with Crippen LogP contribution in [-0.4, -0.2) is 30.2 Å². The normalized spacial score (nSPS) is 27.2. The van der Waals surface area contributed by atoms with Gasteiger partial charge in [0.25, 0.3) is 0 Å². The van der Waals surface area contributed by atoms with E-state index in [1.807, 2.05) is 20.8 Å². The number of carbonyl (C=O) groups excluding carboxylic acids is 2. The minimum Gasteiger partial charge on any atom is -0.444 e. The molecule has 3 aliphatic rings. The number of halogens is 2. The number of allylic oxidation sites excluding steroid dienone is 2. The van der Waals surface area contributed by atoms with Gasteiger partial charge in [0, 0.05) is 19.0 Å². The third-order valence-corrected chi connectivity index (χ3v) is 10.6. The molecule has 0 unspecified atom stereocenters. The van der Waals surface area contributed by atoms with Crippen molar-refractivity contribution >= 4 is 12.0 Å². The molecule has 0 radical (unpaired) electrons. The van der Waals surface area contributed by atoms with Gasteiger partial charge in [0.2, 0.25) is 5.91 Å². The number of aryl methyl sites for hydroxylation is 1. The second kappa shape index (κ2) is 14.6. The number of carbonyl (C=O) groups is 2. The van der Waals surface area contributed by atoms with E-state index in [1.54, 1.807) is 0 Å². The third-order valence-electron chi connectivity index (χ3n) is 10.6. The van der Waals surface area contributed by atoms with Crippen LogP contribution < -0.4 is 10.6 Å². The maximum atomic E-state index is 13.8. The molecule has 5 nitrogen and oxygen atoms in total. The highest BCUT2D eigenvalue weighted by molar-refractivity contribution is 5.76. The Balaban J connectivity index is 1.18. The number of hydrogen-bond acceptors (Lipinski definition) is 3. The van der Waals surface area contributed by atoms with Crippen molar-refractivity contribution in [3.05, 3.63) is 46.5 Å². The van der Waals surface area contributed by atoms with Gasteiger partial charge < -0.3 is 15.4 Å². The zero-order valence-corrected chi connectivity index (χ0v) is 27.1. The molecular weight excluding hydrogens is 546 g/mol. The zero-order chi connectivity index (χ0) is 31.2. The molecule has 2 N–H and O–H groups in total. The van der Waals surface area contributed by atoms with Crippen molar-refractivity contribution in [3.63, 3.8) is 0 Å².